The molecule has 2 fully saturated rings. The summed E-state index contributed by atoms with van der Waals surface area (Å²) in [6, 6.07) is 10.4. The summed E-state index contributed by atoms with van der Waals surface area (Å²) in [5.41, 5.74) is 2.88. The van der Waals surface area contributed by atoms with Gasteiger partial charge in [-0.25, -0.2) is 0 Å². The second kappa shape index (κ2) is 8.35. The molecule has 1 N–H and O–H groups in total. The molecule has 1 aliphatic carbocycles. The van der Waals surface area contributed by atoms with Gasteiger partial charge in [-0.1, -0.05) is 18.2 Å². The van der Waals surface area contributed by atoms with Gasteiger partial charge in [0.1, 0.15) is 0 Å². The van der Waals surface area contributed by atoms with Crippen LogP contribution in [0.3, 0.4) is 0 Å². The van der Waals surface area contributed by atoms with Crippen molar-refractivity contribution in [1.29, 1.82) is 0 Å². The van der Waals surface area contributed by atoms with Crippen LogP contribution in [0.1, 0.15) is 47.7 Å². The van der Waals surface area contributed by atoms with Crippen molar-refractivity contribution in [3.05, 3.63) is 41.6 Å². The van der Waals surface area contributed by atoms with Gasteiger partial charge in [-0.05, 0) is 44.9 Å². The van der Waals surface area contributed by atoms with Crippen LogP contribution in [-0.2, 0) is 0 Å². The molecule has 2 aliphatic rings. The molecule has 6 heteroatoms. The van der Waals surface area contributed by atoms with E-state index in [4.69, 9.17) is 4.98 Å². The lowest BCUT2D eigenvalue weighted by Crippen LogP contribution is -2.41. The number of carbonyl (C=O) groups is 1. The molecule has 4 nitrogen and oxygen atoms in total. The van der Waals surface area contributed by atoms with Crippen molar-refractivity contribution < 1.29 is 4.79 Å². The predicted molar refractivity (Wildman–Crippen MR) is 106 cm³/mol. The van der Waals surface area contributed by atoms with Crippen LogP contribution in [0.15, 0.2) is 30.3 Å². The van der Waals surface area contributed by atoms with Crippen LogP contribution < -0.4 is 5.32 Å². The number of para-hydroxylation sites is 1. The fraction of sp³-hybridized carbons (Fsp3) is 0.474. The number of amides is 1. The Hall–Kier alpha value is -1.36. The van der Waals surface area contributed by atoms with E-state index in [1.165, 1.54) is 12.8 Å². The molecular weight excluding hydrogens is 357 g/mol. The molecule has 1 atom stereocenters. The molecule has 0 bridgehead atoms. The van der Waals surface area contributed by atoms with E-state index in [2.05, 4.69) is 16.3 Å². The molecule has 1 saturated heterocycles. The molecule has 1 aromatic carbocycles. The molecule has 1 unspecified atom stereocenters. The van der Waals surface area contributed by atoms with Crippen molar-refractivity contribution in [3.8, 4) is 0 Å². The number of nitrogens with zero attached hydrogens (tertiary/aromatic N) is 2. The number of aromatic nitrogens is 1. The Bertz CT molecular complexity index is 749. The third-order valence-electron chi connectivity index (χ3n) is 5.04. The molecular formula is C19H25Cl2N3O. The lowest BCUT2D eigenvalue weighted by atomic mass is 10.0. The first-order valence-electron chi connectivity index (χ1n) is 8.63. The molecule has 4 rings (SSSR count). The largest absolute Gasteiger partial charge is 0.334 e. The van der Waals surface area contributed by atoms with E-state index in [0.29, 0.717) is 12.0 Å². The number of hydrogen-bond donors (Lipinski definition) is 1. The van der Waals surface area contributed by atoms with Crippen LogP contribution in [0.25, 0.3) is 10.9 Å². The maximum atomic E-state index is 13.2. The Kier molecular flexibility index (Phi) is 6.66. The molecule has 1 aromatic heterocycles. The number of fused-ring (bicyclic) bond motifs is 1. The van der Waals surface area contributed by atoms with Gasteiger partial charge < -0.3 is 10.2 Å². The second-order valence-electron chi connectivity index (χ2n) is 6.74. The summed E-state index contributed by atoms with van der Waals surface area (Å²) in [4.78, 5) is 20.0. The molecule has 1 amide bonds. The third-order valence-corrected chi connectivity index (χ3v) is 5.04. The third kappa shape index (κ3) is 3.91. The summed E-state index contributed by atoms with van der Waals surface area (Å²) in [6.07, 6.45) is 4.58. The zero-order chi connectivity index (χ0) is 15.8. The SMILES string of the molecule is CNCC1CCCN1C(=O)c1cc(C2CC2)nc2ccccc12.Cl.Cl. The van der Waals surface area contributed by atoms with E-state index in [9.17, 15) is 4.79 Å². The first-order chi connectivity index (χ1) is 11.3. The van der Waals surface area contributed by atoms with Gasteiger partial charge in [0.05, 0.1) is 11.1 Å². The minimum atomic E-state index is 0. The standard InChI is InChI=1S/C19H23N3O.2ClH/c1-20-12-14-5-4-10-22(14)19(23)16-11-18(13-8-9-13)21-17-7-3-2-6-15(16)17;;/h2-3,6-7,11,13-14,20H,4-5,8-10,12H2,1H3;2*1H. The highest BCUT2D eigenvalue weighted by Gasteiger charge is 2.32. The highest BCUT2D eigenvalue weighted by molar-refractivity contribution is 6.06. The van der Waals surface area contributed by atoms with Gasteiger partial charge in [0, 0.05) is 36.1 Å². The van der Waals surface area contributed by atoms with Crippen LogP contribution in [0.5, 0.6) is 0 Å². The Balaban J connectivity index is 0.00000113. The van der Waals surface area contributed by atoms with Gasteiger partial charge in [0.25, 0.3) is 5.91 Å². The summed E-state index contributed by atoms with van der Waals surface area (Å²) in [5.74, 6) is 0.723. The van der Waals surface area contributed by atoms with E-state index < -0.39 is 0 Å². The number of halogens is 2. The normalized spacial score (nSPS) is 19.4. The average Bonchev–Trinajstić information content (AvgIpc) is 3.33. The van der Waals surface area contributed by atoms with Crippen molar-refractivity contribution in [3.63, 3.8) is 0 Å². The van der Waals surface area contributed by atoms with Gasteiger partial charge in [-0.2, -0.15) is 0 Å². The van der Waals surface area contributed by atoms with Crippen LogP contribution in [0.2, 0.25) is 0 Å². The van der Waals surface area contributed by atoms with Crippen molar-refractivity contribution in [1.82, 2.24) is 15.2 Å². The first-order valence-corrected chi connectivity index (χ1v) is 8.63. The maximum absolute atomic E-state index is 13.2. The van der Waals surface area contributed by atoms with E-state index in [1.54, 1.807) is 0 Å². The molecule has 0 spiro atoms. The molecule has 1 saturated carbocycles. The number of hydrogen-bond acceptors (Lipinski definition) is 3. The Morgan fingerprint density at radius 2 is 2.00 bits per heavy atom. The Labute approximate surface area is 161 Å². The minimum Gasteiger partial charge on any atom is -0.334 e. The van der Waals surface area contributed by atoms with Crippen LogP contribution in [0, 0.1) is 0 Å². The molecule has 2 heterocycles. The monoisotopic (exact) mass is 381 g/mol. The number of likely N-dealkylation sites (N-methyl/N-ethyl adjacent to an activating group) is 1. The van der Waals surface area contributed by atoms with Gasteiger partial charge in [-0.3, -0.25) is 9.78 Å². The number of benzene rings is 1. The van der Waals surface area contributed by atoms with Gasteiger partial charge in [0.2, 0.25) is 0 Å². The van der Waals surface area contributed by atoms with Crippen LogP contribution in [0.4, 0.5) is 0 Å². The lowest BCUT2D eigenvalue weighted by Gasteiger charge is -2.25. The smallest absolute Gasteiger partial charge is 0.254 e. The van der Waals surface area contributed by atoms with E-state index in [1.807, 2.05) is 31.3 Å². The van der Waals surface area contributed by atoms with E-state index in [-0.39, 0.29) is 30.7 Å². The van der Waals surface area contributed by atoms with E-state index in [0.717, 1.165) is 48.1 Å². The Morgan fingerprint density at radius 1 is 1.24 bits per heavy atom. The number of rotatable bonds is 4. The topological polar surface area (TPSA) is 45.2 Å². The minimum absolute atomic E-state index is 0. The van der Waals surface area contributed by atoms with Crippen molar-refractivity contribution in [2.45, 2.75) is 37.6 Å². The van der Waals surface area contributed by atoms with Gasteiger partial charge >= 0.3 is 0 Å². The van der Waals surface area contributed by atoms with Crippen molar-refractivity contribution in [2.24, 2.45) is 0 Å². The highest BCUT2D eigenvalue weighted by atomic mass is 35.5. The lowest BCUT2D eigenvalue weighted by molar-refractivity contribution is 0.0739. The fourth-order valence-electron chi connectivity index (χ4n) is 3.67. The van der Waals surface area contributed by atoms with Crippen molar-refractivity contribution >= 4 is 41.6 Å². The quantitative estimate of drug-likeness (QED) is 0.876. The van der Waals surface area contributed by atoms with Crippen LogP contribution >= 0.6 is 24.8 Å². The first kappa shape index (κ1) is 20.0. The van der Waals surface area contributed by atoms with E-state index >= 15 is 0 Å². The maximum Gasteiger partial charge on any atom is 0.254 e. The highest BCUT2D eigenvalue weighted by Crippen LogP contribution is 2.40. The molecule has 25 heavy (non-hydrogen) atoms. The molecule has 1 aliphatic heterocycles. The molecule has 0 radical (unpaired) electrons. The Morgan fingerprint density at radius 3 is 2.72 bits per heavy atom. The number of likely N-dealkylation sites (tertiary alicyclic amines) is 1. The predicted octanol–water partition coefficient (Wildman–Crippen LogP) is 3.78. The zero-order valence-corrected chi connectivity index (χ0v) is 16.0. The zero-order valence-electron chi connectivity index (χ0n) is 14.4. The number of nitrogens with one attached hydrogen (secondary N) is 1. The van der Waals surface area contributed by atoms with Crippen molar-refractivity contribution in [2.75, 3.05) is 20.1 Å². The number of pyridine rings is 1. The number of carbonyl (C=O) groups excluding carboxylic acids is 1. The summed E-state index contributed by atoms with van der Waals surface area (Å²) >= 11 is 0. The van der Waals surface area contributed by atoms with Crippen LogP contribution in [-0.4, -0.2) is 42.0 Å². The fourth-order valence-corrected chi connectivity index (χ4v) is 3.67. The summed E-state index contributed by atoms with van der Waals surface area (Å²) in [7, 11) is 1.95. The summed E-state index contributed by atoms with van der Waals surface area (Å²) in [6.45, 7) is 1.73. The molecule has 2 aromatic rings. The summed E-state index contributed by atoms with van der Waals surface area (Å²) < 4.78 is 0. The second-order valence-corrected chi connectivity index (χ2v) is 6.74. The molecule has 136 valence electrons. The summed E-state index contributed by atoms with van der Waals surface area (Å²) in [5, 5.41) is 4.20. The van der Waals surface area contributed by atoms with Gasteiger partial charge in [0.15, 0.2) is 0 Å². The average molecular weight is 382 g/mol. The van der Waals surface area contributed by atoms with Gasteiger partial charge in [-0.15, -0.1) is 24.8 Å².